The van der Waals surface area contributed by atoms with Crippen LogP contribution in [0.3, 0.4) is 0 Å². The van der Waals surface area contributed by atoms with E-state index < -0.39 is 10.0 Å². The summed E-state index contributed by atoms with van der Waals surface area (Å²) >= 11 is 3.50. The van der Waals surface area contributed by atoms with Crippen LogP contribution >= 0.6 is 15.9 Å². The van der Waals surface area contributed by atoms with Gasteiger partial charge in [0.25, 0.3) is 0 Å². The zero-order valence-corrected chi connectivity index (χ0v) is 15.3. The fraction of sp³-hybridized carbons (Fsp3) is 0.467. The lowest BCUT2D eigenvalue weighted by atomic mass is 9.98. The van der Waals surface area contributed by atoms with E-state index in [9.17, 15) is 8.42 Å². The molecule has 2 aromatic rings. The number of nitrogens with one attached hydrogen (secondary N) is 1. The maximum atomic E-state index is 11.3. The number of sulfonamides is 1. The van der Waals surface area contributed by atoms with Crippen LogP contribution < -0.4 is 9.62 Å². The number of benzene rings is 1. The number of anilines is 1. The quantitative estimate of drug-likeness (QED) is 0.853. The van der Waals surface area contributed by atoms with Crippen LogP contribution in [0.15, 0.2) is 29.0 Å². The summed E-state index contributed by atoms with van der Waals surface area (Å²) in [5.74, 6) is 1.20. The van der Waals surface area contributed by atoms with E-state index in [1.54, 1.807) is 6.33 Å². The van der Waals surface area contributed by atoms with Gasteiger partial charge in [-0.25, -0.2) is 23.1 Å². The highest BCUT2D eigenvalue weighted by Crippen LogP contribution is 2.29. The number of rotatable bonds is 4. The van der Waals surface area contributed by atoms with Gasteiger partial charge in [0.1, 0.15) is 12.1 Å². The molecule has 1 saturated heterocycles. The van der Waals surface area contributed by atoms with Gasteiger partial charge in [-0.1, -0.05) is 15.9 Å². The molecule has 2 heterocycles. The van der Waals surface area contributed by atoms with E-state index in [0.717, 1.165) is 47.1 Å². The van der Waals surface area contributed by atoms with Gasteiger partial charge in [0.2, 0.25) is 10.0 Å². The van der Waals surface area contributed by atoms with Gasteiger partial charge in [0.15, 0.2) is 0 Å². The van der Waals surface area contributed by atoms with Crippen molar-refractivity contribution in [3.05, 3.63) is 29.0 Å². The van der Waals surface area contributed by atoms with Gasteiger partial charge in [-0.3, -0.25) is 0 Å². The fourth-order valence-electron chi connectivity index (χ4n) is 2.96. The number of nitrogens with zero attached hydrogens (tertiary/aromatic N) is 3. The maximum absolute atomic E-state index is 11.3. The number of fused-ring (bicyclic) bond motifs is 1. The van der Waals surface area contributed by atoms with Crippen LogP contribution in [-0.2, 0) is 10.0 Å². The van der Waals surface area contributed by atoms with Crippen LogP contribution in [0.5, 0.6) is 0 Å². The molecule has 1 fully saturated rings. The minimum Gasteiger partial charge on any atom is -0.356 e. The molecule has 1 aliphatic heterocycles. The van der Waals surface area contributed by atoms with Crippen LogP contribution in [-0.4, -0.2) is 44.3 Å². The first-order valence-corrected chi connectivity index (χ1v) is 10.2. The second-order valence-electron chi connectivity index (χ2n) is 5.93. The van der Waals surface area contributed by atoms with E-state index >= 15 is 0 Å². The molecule has 0 spiro atoms. The van der Waals surface area contributed by atoms with Gasteiger partial charge in [0, 0.05) is 29.5 Å². The highest BCUT2D eigenvalue weighted by molar-refractivity contribution is 9.10. The zero-order valence-electron chi connectivity index (χ0n) is 12.9. The first kappa shape index (κ1) is 16.6. The minimum absolute atomic E-state index is 0.288. The molecule has 1 aromatic heterocycles. The smallest absolute Gasteiger partial charge is 0.208 e. The van der Waals surface area contributed by atoms with E-state index in [2.05, 4.69) is 35.5 Å². The molecular weight excluding hydrogens is 380 g/mol. The van der Waals surface area contributed by atoms with E-state index in [1.807, 2.05) is 18.2 Å². The Morgan fingerprint density at radius 3 is 3.00 bits per heavy atom. The molecule has 1 aromatic carbocycles. The average molecular weight is 399 g/mol. The highest BCUT2D eigenvalue weighted by Gasteiger charge is 2.23. The van der Waals surface area contributed by atoms with Crippen LogP contribution in [0.2, 0.25) is 0 Å². The molecule has 0 bridgehead atoms. The molecule has 0 amide bonds. The summed E-state index contributed by atoms with van der Waals surface area (Å²) in [7, 11) is -3.15. The summed E-state index contributed by atoms with van der Waals surface area (Å²) in [5, 5.41) is 1.01. The van der Waals surface area contributed by atoms with Crippen molar-refractivity contribution in [1.29, 1.82) is 0 Å². The summed E-state index contributed by atoms with van der Waals surface area (Å²) in [6, 6.07) is 5.97. The van der Waals surface area contributed by atoms with Crippen molar-refractivity contribution >= 4 is 42.7 Å². The standard InChI is InChI=1S/C15H19BrN4O2S/c1-23(21,22)19-8-11-3-2-6-20(9-11)15-13-7-12(16)4-5-14(13)17-10-18-15/h4-5,7,10-11,19H,2-3,6,8-9H2,1H3. The third-order valence-corrected chi connectivity index (χ3v) is 5.21. The second-order valence-corrected chi connectivity index (χ2v) is 8.68. The van der Waals surface area contributed by atoms with Crippen LogP contribution in [0, 0.1) is 5.92 Å². The van der Waals surface area contributed by atoms with Gasteiger partial charge >= 0.3 is 0 Å². The number of piperidine rings is 1. The Morgan fingerprint density at radius 1 is 1.39 bits per heavy atom. The van der Waals surface area contributed by atoms with Crippen molar-refractivity contribution in [3.8, 4) is 0 Å². The zero-order chi connectivity index (χ0) is 16.4. The molecule has 8 heteroatoms. The number of aromatic nitrogens is 2. The molecule has 3 rings (SSSR count). The minimum atomic E-state index is -3.15. The van der Waals surface area contributed by atoms with Gasteiger partial charge in [0.05, 0.1) is 11.8 Å². The van der Waals surface area contributed by atoms with Crippen molar-refractivity contribution in [2.75, 3.05) is 30.8 Å². The van der Waals surface area contributed by atoms with Crippen molar-refractivity contribution in [2.24, 2.45) is 5.92 Å². The molecular formula is C15H19BrN4O2S. The van der Waals surface area contributed by atoms with Crippen LogP contribution in [0.1, 0.15) is 12.8 Å². The van der Waals surface area contributed by atoms with E-state index in [-0.39, 0.29) is 5.92 Å². The van der Waals surface area contributed by atoms with Crippen molar-refractivity contribution in [1.82, 2.24) is 14.7 Å². The van der Waals surface area contributed by atoms with Crippen LogP contribution in [0.4, 0.5) is 5.82 Å². The lowest BCUT2D eigenvalue weighted by Crippen LogP contribution is -2.41. The predicted octanol–water partition coefficient (Wildman–Crippen LogP) is 2.16. The highest BCUT2D eigenvalue weighted by atomic mass is 79.9. The molecule has 6 nitrogen and oxygen atoms in total. The third kappa shape index (κ3) is 4.19. The van der Waals surface area contributed by atoms with Crippen molar-refractivity contribution in [3.63, 3.8) is 0 Å². The topological polar surface area (TPSA) is 75.2 Å². The van der Waals surface area contributed by atoms with E-state index in [4.69, 9.17) is 0 Å². The normalized spacial score (nSPS) is 19.2. The largest absolute Gasteiger partial charge is 0.356 e. The molecule has 23 heavy (non-hydrogen) atoms. The van der Waals surface area contributed by atoms with Crippen molar-refractivity contribution < 1.29 is 8.42 Å². The van der Waals surface area contributed by atoms with E-state index in [1.165, 1.54) is 6.26 Å². The van der Waals surface area contributed by atoms with E-state index in [0.29, 0.717) is 6.54 Å². The molecule has 0 aliphatic carbocycles. The Hall–Kier alpha value is -1.25. The lowest BCUT2D eigenvalue weighted by Gasteiger charge is -2.34. The summed E-state index contributed by atoms with van der Waals surface area (Å²) < 4.78 is 26.2. The first-order chi connectivity index (χ1) is 10.9. The molecule has 0 saturated carbocycles. The average Bonchev–Trinajstić information content (AvgIpc) is 2.52. The Morgan fingerprint density at radius 2 is 2.22 bits per heavy atom. The molecule has 124 valence electrons. The third-order valence-electron chi connectivity index (χ3n) is 4.03. The maximum Gasteiger partial charge on any atom is 0.208 e. The number of hydrogen-bond acceptors (Lipinski definition) is 5. The van der Waals surface area contributed by atoms with Crippen LogP contribution in [0.25, 0.3) is 10.9 Å². The summed E-state index contributed by atoms with van der Waals surface area (Å²) in [6.45, 7) is 2.19. The Kier molecular flexibility index (Phi) is 4.84. The summed E-state index contributed by atoms with van der Waals surface area (Å²) in [6.07, 6.45) is 4.83. The number of hydrogen-bond donors (Lipinski definition) is 1. The Balaban J connectivity index is 1.82. The monoisotopic (exact) mass is 398 g/mol. The van der Waals surface area contributed by atoms with Gasteiger partial charge < -0.3 is 4.90 Å². The molecule has 1 unspecified atom stereocenters. The Labute approximate surface area is 144 Å². The first-order valence-electron chi connectivity index (χ1n) is 7.52. The van der Waals surface area contributed by atoms with Gasteiger partial charge in [-0.05, 0) is 37.0 Å². The molecule has 1 atom stereocenters. The van der Waals surface area contributed by atoms with Crippen molar-refractivity contribution in [2.45, 2.75) is 12.8 Å². The summed E-state index contributed by atoms with van der Waals surface area (Å²) in [5.41, 5.74) is 0.912. The molecule has 1 aliphatic rings. The second kappa shape index (κ2) is 6.70. The fourth-order valence-corrected chi connectivity index (χ4v) is 3.86. The van der Waals surface area contributed by atoms with Gasteiger partial charge in [-0.2, -0.15) is 0 Å². The molecule has 0 radical (unpaired) electrons. The predicted molar refractivity (Wildman–Crippen MR) is 95.0 cm³/mol. The molecule has 1 N–H and O–H groups in total. The number of halogens is 1. The lowest BCUT2D eigenvalue weighted by molar-refractivity contribution is 0.410. The SMILES string of the molecule is CS(=O)(=O)NCC1CCCN(c2ncnc3ccc(Br)cc23)C1. The van der Waals surface area contributed by atoms with Gasteiger partial charge in [-0.15, -0.1) is 0 Å². The summed E-state index contributed by atoms with van der Waals surface area (Å²) in [4.78, 5) is 11.0. The Bertz CT molecular complexity index is 812.